The number of rotatable bonds is 4. The molecule has 0 spiro atoms. The van der Waals surface area contributed by atoms with Crippen molar-refractivity contribution in [3.63, 3.8) is 0 Å². The average molecular weight is 312 g/mol. The molecule has 1 aromatic carbocycles. The SMILES string of the molecule is CCc1ccc(C(NC)c2ccc(Br)cc2F)o1. The maximum absolute atomic E-state index is 14.0. The second kappa shape index (κ2) is 5.67. The minimum atomic E-state index is -0.265. The minimum Gasteiger partial charge on any atom is -0.464 e. The summed E-state index contributed by atoms with van der Waals surface area (Å²) in [5.41, 5.74) is 0.581. The molecule has 4 heteroatoms. The number of aryl methyl sites for hydroxylation is 1. The van der Waals surface area contributed by atoms with Gasteiger partial charge in [-0.1, -0.05) is 28.9 Å². The lowest BCUT2D eigenvalue weighted by Gasteiger charge is -2.15. The van der Waals surface area contributed by atoms with E-state index in [1.807, 2.05) is 25.1 Å². The molecule has 0 bridgehead atoms. The number of furan rings is 1. The van der Waals surface area contributed by atoms with Gasteiger partial charge in [-0.05, 0) is 31.3 Å². The van der Waals surface area contributed by atoms with Gasteiger partial charge in [0.1, 0.15) is 17.3 Å². The first-order chi connectivity index (χ1) is 8.65. The van der Waals surface area contributed by atoms with Crippen molar-refractivity contribution in [2.45, 2.75) is 19.4 Å². The predicted molar refractivity (Wildman–Crippen MR) is 73.1 cm³/mol. The van der Waals surface area contributed by atoms with Crippen LogP contribution in [0.15, 0.2) is 39.2 Å². The predicted octanol–water partition coefficient (Wildman–Crippen LogP) is 4.05. The largest absolute Gasteiger partial charge is 0.464 e. The van der Waals surface area contributed by atoms with Crippen molar-refractivity contribution in [3.8, 4) is 0 Å². The monoisotopic (exact) mass is 311 g/mol. The van der Waals surface area contributed by atoms with Gasteiger partial charge in [0, 0.05) is 16.5 Å². The fourth-order valence-electron chi connectivity index (χ4n) is 1.93. The fourth-order valence-corrected chi connectivity index (χ4v) is 2.26. The Morgan fingerprint density at radius 3 is 2.67 bits per heavy atom. The summed E-state index contributed by atoms with van der Waals surface area (Å²) in [6.07, 6.45) is 0.833. The molecule has 1 unspecified atom stereocenters. The molecule has 18 heavy (non-hydrogen) atoms. The van der Waals surface area contributed by atoms with Crippen LogP contribution in [0.2, 0.25) is 0 Å². The normalized spacial score (nSPS) is 12.7. The first-order valence-electron chi connectivity index (χ1n) is 5.86. The average Bonchev–Trinajstić information content (AvgIpc) is 2.81. The summed E-state index contributed by atoms with van der Waals surface area (Å²) in [6.45, 7) is 2.03. The van der Waals surface area contributed by atoms with Crippen LogP contribution < -0.4 is 5.32 Å². The van der Waals surface area contributed by atoms with Crippen LogP contribution in [0.25, 0.3) is 0 Å². The van der Waals surface area contributed by atoms with Gasteiger partial charge in [0.15, 0.2) is 0 Å². The Morgan fingerprint density at radius 1 is 1.33 bits per heavy atom. The van der Waals surface area contributed by atoms with E-state index in [1.165, 1.54) is 6.07 Å². The zero-order valence-electron chi connectivity index (χ0n) is 10.3. The van der Waals surface area contributed by atoms with Crippen molar-refractivity contribution in [2.75, 3.05) is 7.05 Å². The van der Waals surface area contributed by atoms with Crippen LogP contribution >= 0.6 is 15.9 Å². The van der Waals surface area contributed by atoms with Crippen LogP contribution in [0.1, 0.15) is 30.0 Å². The Kier molecular flexibility index (Phi) is 4.19. The first-order valence-corrected chi connectivity index (χ1v) is 6.65. The molecule has 2 nitrogen and oxygen atoms in total. The molecule has 1 aromatic heterocycles. The number of halogens is 2. The number of hydrogen-bond acceptors (Lipinski definition) is 2. The van der Waals surface area contributed by atoms with Crippen LogP contribution in [0.3, 0.4) is 0 Å². The van der Waals surface area contributed by atoms with Gasteiger partial charge in [-0.2, -0.15) is 0 Å². The van der Waals surface area contributed by atoms with E-state index < -0.39 is 0 Å². The molecule has 1 heterocycles. The zero-order chi connectivity index (χ0) is 13.1. The highest BCUT2D eigenvalue weighted by atomic mass is 79.9. The van der Waals surface area contributed by atoms with E-state index in [2.05, 4.69) is 21.2 Å². The van der Waals surface area contributed by atoms with E-state index in [-0.39, 0.29) is 11.9 Å². The topological polar surface area (TPSA) is 25.2 Å². The Balaban J connectivity index is 2.38. The first kappa shape index (κ1) is 13.3. The Bertz CT molecular complexity index is 538. The van der Waals surface area contributed by atoms with E-state index in [0.717, 1.165) is 22.4 Å². The molecule has 0 aliphatic rings. The van der Waals surface area contributed by atoms with Crippen LogP contribution in [0, 0.1) is 5.82 Å². The van der Waals surface area contributed by atoms with Crippen LogP contribution in [-0.2, 0) is 6.42 Å². The number of benzene rings is 1. The van der Waals surface area contributed by atoms with E-state index in [1.54, 1.807) is 13.1 Å². The lowest BCUT2D eigenvalue weighted by atomic mass is 10.0. The van der Waals surface area contributed by atoms with Crippen molar-refractivity contribution < 1.29 is 8.81 Å². The van der Waals surface area contributed by atoms with Gasteiger partial charge in [0.2, 0.25) is 0 Å². The van der Waals surface area contributed by atoms with Gasteiger partial charge in [-0.25, -0.2) is 4.39 Å². The molecule has 1 atom stereocenters. The van der Waals surface area contributed by atoms with Gasteiger partial charge in [-0.15, -0.1) is 0 Å². The molecule has 0 fully saturated rings. The second-order valence-corrected chi connectivity index (χ2v) is 4.96. The smallest absolute Gasteiger partial charge is 0.129 e. The van der Waals surface area contributed by atoms with Gasteiger partial charge in [-0.3, -0.25) is 0 Å². The fraction of sp³-hybridized carbons (Fsp3) is 0.286. The highest BCUT2D eigenvalue weighted by Crippen LogP contribution is 2.27. The summed E-state index contributed by atoms with van der Waals surface area (Å²) in [5, 5.41) is 3.08. The summed E-state index contributed by atoms with van der Waals surface area (Å²) in [5.74, 6) is 1.39. The van der Waals surface area contributed by atoms with E-state index in [0.29, 0.717) is 5.56 Å². The Hall–Kier alpha value is -1.13. The molecule has 0 amide bonds. The third-order valence-electron chi connectivity index (χ3n) is 2.88. The van der Waals surface area contributed by atoms with Gasteiger partial charge in [0.25, 0.3) is 0 Å². The summed E-state index contributed by atoms with van der Waals surface area (Å²) in [6, 6.07) is 8.60. The third kappa shape index (κ3) is 2.65. The summed E-state index contributed by atoms with van der Waals surface area (Å²) < 4.78 is 20.4. The molecular formula is C14H15BrFNO. The van der Waals surface area contributed by atoms with Crippen molar-refractivity contribution in [1.29, 1.82) is 0 Å². The Labute approximate surface area is 114 Å². The summed E-state index contributed by atoms with van der Waals surface area (Å²) in [7, 11) is 1.79. The molecule has 0 saturated heterocycles. The minimum absolute atomic E-state index is 0.252. The number of hydrogen-bond donors (Lipinski definition) is 1. The zero-order valence-corrected chi connectivity index (χ0v) is 11.9. The van der Waals surface area contributed by atoms with Crippen molar-refractivity contribution in [3.05, 3.63) is 57.7 Å². The van der Waals surface area contributed by atoms with Crippen molar-refractivity contribution in [1.82, 2.24) is 5.32 Å². The molecular weight excluding hydrogens is 297 g/mol. The summed E-state index contributed by atoms with van der Waals surface area (Å²) >= 11 is 3.26. The van der Waals surface area contributed by atoms with Crippen molar-refractivity contribution >= 4 is 15.9 Å². The maximum atomic E-state index is 14.0. The standard InChI is InChI=1S/C14H15BrFNO/c1-3-10-5-7-13(18-10)14(17-2)11-6-4-9(15)8-12(11)16/h4-8,14,17H,3H2,1-2H3. The molecule has 0 saturated carbocycles. The lowest BCUT2D eigenvalue weighted by molar-refractivity contribution is 0.427. The van der Waals surface area contributed by atoms with Gasteiger partial charge >= 0.3 is 0 Å². The molecule has 2 aromatic rings. The number of nitrogens with one attached hydrogen (secondary N) is 1. The molecule has 0 aliphatic heterocycles. The highest BCUT2D eigenvalue weighted by Gasteiger charge is 2.19. The highest BCUT2D eigenvalue weighted by molar-refractivity contribution is 9.10. The quantitative estimate of drug-likeness (QED) is 0.921. The van der Waals surface area contributed by atoms with E-state index in [4.69, 9.17) is 4.42 Å². The van der Waals surface area contributed by atoms with E-state index >= 15 is 0 Å². The van der Waals surface area contributed by atoms with Gasteiger partial charge < -0.3 is 9.73 Å². The lowest BCUT2D eigenvalue weighted by Crippen LogP contribution is -2.18. The molecule has 2 rings (SSSR count). The van der Waals surface area contributed by atoms with Gasteiger partial charge in [0.05, 0.1) is 6.04 Å². The third-order valence-corrected chi connectivity index (χ3v) is 3.37. The second-order valence-electron chi connectivity index (χ2n) is 4.05. The summed E-state index contributed by atoms with van der Waals surface area (Å²) in [4.78, 5) is 0. The Morgan fingerprint density at radius 2 is 2.11 bits per heavy atom. The van der Waals surface area contributed by atoms with Crippen molar-refractivity contribution in [2.24, 2.45) is 0 Å². The van der Waals surface area contributed by atoms with Crippen LogP contribution in [0.4, 0.5) is 4.39 Å². The van der Waals surface area contributed by atoms with Crippen LogP contribution in [-0.4, -0.2) is 7.05 Å². The molecule has 0 aliphatic carbocycles. The molecule has 96 valence electrons. The maximum Gasteiger partial charge on any atom is 0.129 e. The molecule has 0 radical (unpaired) electrons. The van der Waals surface area contributed by atoms with E-state index in [9.17, 15) is 4.39 Å². The molecule has 1 N–H and O–H groups in total. The van der Waals surface area contributed by atoms with Crippen LogP contribution in [0.5, 0.6) is 0 Å².